The molecule has 1 aromatic carbocycles. The summed E-state index contributed by atoms with van der Waals surface area (Å²) in [4.78, 5) is 16.6. The lowest BCUT2D eigenvalue weighted by atomic mass is 9.87. The molecule has 2 heterocycles. The van der Waals surface area contributed by atoms with Gasteiger partial charge in [-0.25, -0.2) is 13.1 Å². The fourth-order valence-corrected chi connectivity index (χ4v) is 4.47. The van der Waals surface area contributed by atoms with Crippen LogP contribution in [0, 0.1) is 5.92 Å². The molecule has 1 atom stereocenters. The molecule has 7 nitrogen and oxygen atoms in total. The van der Waals surface area contributed by atoms with E-state index >= 15 is 0 Å². The Morgan fingerprint density at radius 3 is 2.71 bits per heavy atom. The van der Waals surface area contributed by atoms with Gasteiger partial charge in [0.1, 0.15) is 0 Å². The topological polar surface area (TPSA) is 97.4 Å². The number of aromatic nitrogens is 1. The second-order valence-corrected chi connectivity index (χ2v) is 8.77. The van der Waals surface area contributed by atoms with Gasteiger partial charge in [0.05, 0.1) is 17.5 Å². The van der Waals surface area contributed by atoms with Crippen molar-refractivity contribution in [3.05, 3.63) is 59.4 Å². The lowest BCUT2D eigenvalue weighted by molar-refractivity contribution is -0.121. The molecular formula is C19H22ClN3O4S. The van der Waals surface area contributed by atoms with Crippen LogP contribution in [0.4, 0.5) is 0 Å². The first kappa shape index (κ1) is 20.7. The van der Waals surface area contributed by atoms with Gasteiger partial charge < -0.3 is 10.1 Å². The molecular weight excluding hydrogens is 402 g/mol. The first-order valence-electron chi connectivity index (χ1n) is 8.98. The minimum absolute atomic E-state index is 0.0149. The largest absolute Gasteiger partial charge is 0.381 e. The highest BCUT2D eigenvalue weighted by Crippen LogP contribution is 2.29. The monoisotopic (exact) mass is 423 g/mol. The van der Waals surface area contributed by atoms with Crippen LogP contribution in [-0.2, 0) is 19.6 Å². The SMILES string of the molecule is O=C(CNS(=O)(=O)c1cccc(Cl)c1)NC(c1cccnc1)C1CCOCC1. The number of rotatable bonds is 7. The minimum Gasteiger partial charge on any atom is -0.381 e. The molecule has 1 fully saturated rings. The van der Waals surface area contributed by atoms with E-state index in [4.69, 9.17) is 16.3 Å². The second kappa shape index (κ2) is 9.47. The summed E-state index contributed by atoms with van der Waals surface area (Å²) >= 11 is 5.85. The molecule has 0 radical (unpaired) electrons. The first-order chi connectivity index (χ1) is 13.5. The summed E-state index contributed by atoms with van der Waals surface area (Å²) in [6, 6.07) is 9.36. The van der Waals surface area contributed by atoms with Crippen LogP contribution in [0.15, 0.2) is 53.7 Å². The molecule has 0 bridgehead atoms. The highest BCUT2D eigenvalue weighted by molar-refractivity contribution is 7.89. The van der Waals surface area contributed by atoms with Crippen molar-refractivity contribution in [2.45, 2.75) is 23.8 Å². The molecule has 2 N–H and O–H groups in total. The number of carbonyl (C=O) groups excluding carboxylic acids is 1. The molecule has 150 valence electrons. The van der Waals surface area contributed by atoms with Crippen LogP contribution >= 0.6 is 11.6 Å². The molecule has 1 aliphatic rings. The molecule has 0 spiro atoms. The first-order valence-corrected chi connectivity index (χ1v) is 10.8. The number of hydrogen-bond acceptors (Lipinski definition) is 5. The lowest BCUT2D eigenvalue weighted by Gasteiger charge is -2.31. The summed E-state index contributed by atoms with van der Waals surface area (Å²) in [6.07, 6.45) is 5.02. The third-order valence-electron chi connectivity index (χ3n) is 4.63. The molecule has 0 saturated carbocycles. The van der Waals surface area contributed by atoms with Gasteiger partial charge in [0.2, 0.25) is 15.9 Å². The normalized spacial score (nSPS) is 16.5. The van der Waals surface area contributed by atoms with E-state index in [1.54, 1.807) is 24.5 Å². The van der Waals surface area contributed by atoms with Gasteiger partial charge in [-0.1, -0.05) is 23.7 Å². The second-order valence-electron chi connectivity index (χ2n) is 6.56. The minimum atomic E-state index is -3.83. The highest BCUT2D eigenvalue weighted by atomic mass is 35.5. The molecule has 28 heavy (non-hydrogen) atoms. The molecule has 0 aliphatic carbocycles. The zero-order valence-electron chi connectivity index (χ0n) is 15.2. The highest BCUT2D eigenvalue weighted by Gasteiger charge is 2.27. The van der Waals surface area contributed by atoms with Gasteiger partial charge in [-0.2, -0.15) is 0 Å². The van der Waals surface area contributed by atoms with Crippen LogP contribution in [0.2, 0.25) is 5.02 Å². The Bertz CT molecular complexity index is 902. The van der Waals surface area contributed by atoms with E-state index in [9.17, 15) is 13.2 Å². The van der Waals surface area contributed by atoms with E-state index in [2.05, 4.69) is 15.0 Å². The Morgan fingerprint density at radius 1 is 1.25 bits per heavy atom. The number of halogens is 1. The van der Waals surface area contributed by atoms with Crippen LogP contribution in [0.5, 0.6) is 0 Å². The van der Waals surface area contributed by atoms with Crippen LogP contribution in [-0.4, -0.2) is 39.1 Å². The molecule has 1 saturated heterocycles. The molecule has 9 heteroatoms. The van der Waals surface area contributed by atoms with Gasteiger partial charge in [-0.15, -0.1) is 0 Å². The van der Waals surface area contributed by atoms with E-state index in [1.807, 2.05) is 12.1 Å². The lowest BCUT2D eigenvalue weighted by Crippen LogP contribution is -2.41. The standard InChI is InChI=1S/C19H22ClN3O4S/c20-16-4-1-5-17(11-16)28(25,26)22-13-18(24)23-19(14-6-9-27-10-7-14)15-3-2-8-21-12-15/h1-5,8,11-12,14,19,22H,6-7,9-10,13H2,(H,23,24). The maximum absolute atomic E-state index is 12.5. The zero-order valence-corrected chi connectivity index (χ0v) is 16.7. The maximum atomic E-state index is 12.5. The predicted octanol–water partition coefficient (Wildman–Crippen LogP) is 2.30. The van der Waals surface area contributed by atoms with E-state index < -0.39 is 15.9 Å². The molecule has 1 amide bonds. The summed E-state index contributed by atoms with van der Waals surface area (Å²) in [5.41, 5.74) is 0.889. The van der Waals surface area contributed by atoms with Crippen molar-refractivity contribution in [3.8, 4) is 0 Å². The van der Waals surface area contributed by atoms with Gasteiger partial charge in [-0.3, -0.25) is 9.78 Å². The number of sulfonamides is 1. The van der Waals surface area contributed by atoms with Crippen LogP contribution in [0.3, 0.4) is 0 Å². The molecule has 2 aromatic rings. The van der Waals surface area contributed by atoms with Crippen molar-refractivity contribution < 1.29 is 17.9 Å². The number of nitrogens with one attached hydrogen (secondary N) is 2. The van der Waals surface area contributed by atoms with E-state index in [-0.39, 0.29) is 23.4 Å². The maximum Gasteiger partial charge on any atom is 0.241 e. The van der Waals surface area contributed by atoms with Crippen molar-refractivity contribution in [1.29, 1.82) is 0 Å². The van der Waals surface area contributed by atoms with Gasteiger partial charge in [0.15, 0.2) is 0 Å². The number of pyridine rings is 1. The van der Waals surface area contributed by atoms with Crippen molar-refractivity contribution in [1.82, 2.24) is 15.0 Å². The molecule has 1 unspecified atom stereocenters. The van der Waals surface area contributed by atoms with Crippen molar-refractivity contribution >= 4 is 27.5 Å². The van der Waals surface area contributed by atoms with Crippen molar-refractivity contribution in [2.24, 2.45) is 5.92 Å². The predicted molar refractivity (Wildman–Crippen MR) is 105 cm³/mol. The summed E-state index contributed by atoms with van der Waals surface area (Å²) in [5, 5.41) is 3.26. The van der Waals surface area contributed by atoms with Crippen LogP contribution in [0.25, 0.3) is 0 Å². The molecule has 1 aromatic heterocycles. The molecule has 3 rings (SSSR count). The van der Waals surface area contributed by atoms with E-state index in [0.717, 1.165) is 18.4 Å². The fourth-order valence-electron chi connectivity index (χ4n) is 3.18. The number of hydrogen-bond donors (Lipinski definition) is 2. The van der Waals surface area contributed by atoms with Crippen molar-refractivity contribution in [3.63, 3.8) is 0 Å². The summed E-state index contributed by atoms with van der Waals surface area (Å²) in [6.45, 7) is 0.909. The third kappa shape index (κ3) is 5.51. The quantitative estimate of drug-likeness (QED) is 0.712. The number of benzene rings is 1. The van der Waals surface area contributed by atoms with Gasteiger partial charge in [0.25, 0.3) is 0 Å². The number of ether oxygens (including phenoxy) is 1. The summed E-state index contributed by atoms with van der Waals surface area (Å²) in [7, 11) is -3.83. The number of amides is 1. The Balaban J connectivity index is 1.66. The van der Waals surface area contributed by atoms with Crippen LogP contribution < -0.4 is 10.0 Å². The van der Waals surface area contributed by atoms with Gasteiger partial charge >= 0.3 is 0 Å². The number of nitrogens with zero attached hydrogens (tertiary/aromatic N) is 1. The van der Waals surface area contributed by atoms with Crippen LogP contribution in [0.1, 0.15) is 24.4 Å². The summed E-state index contributed by atoms with van der Waals surface area (Å²) in [5.74, 6) is -0.211. The Labute approximate surface area is 169 Å². The third-order valence-corrected chi connectivity index (χ3v) is 6.26. The molecule has 1 aliphatic heterocycles. The average Bonchev–Trinajstić information content (AvgIpc) is 2.72. The Hall–Kier alpha value is -2.00. The van der Waals surface area contributed by atoms with Gasteiger partial charge in [0, 0.05) is 30.6 Å². The van der Waals surface area contributed by atoms with Gasteiger partial charge in [-0.05, 0) is 48.6 Å². The number of carbonyl (C=O) groups is 1. The van der Waals surface area contributed by atoms with E-state index in [1.165, 1.54) is 12.1 Å². The van der Waals surface area contributed by atoms with E-state index in [0.29, 0.717) is 18.2 Å². The average molecular weight is 424 g/mol. The Morgan fingerprint density at radius 2 is 2.04 bits per heavy atom. The smallest absolute Gasteiger partial charge is 0.241 e. The fraction of sp³-hybridized carbons (Fsp3) is 0.368. The Kier molecular flexibility index (Phi) is 7.01. The van der Waals surface area contributed by atoms with Crippen molar-refractivity contribution in [2.75, 3.05) is 19.8 Å². The zero-order chi connectivity index (χ0) is 20.0. The summed E-state index contributed by atoms with van der Waals surface area (Å²) < 4.78 is 32.5.